The number of hydrogen-bond donors (Lipinski definition) is 1. The third kappa shape index (κ3) is 4.50. The molecule has 1 fully saturated rings. The zero-order valence-electron chi connectivity index (χ0n) is 16.6. The Balaban J connectivity index is 1.65. The zero-order chi connectivity index (χ0) is 20.3. The molecule has 0 saturated carbocycles. The minimum atomic E-state index is -0.440. The second-order valence-electron chi connectivity index (χ2n) is 7.74. The summed E-state index contributed by atoms with van der Waals surface area (Å²) < 4.78 is 0. The van der Waals surface area contributed by atoms with Crippen molar-refractivity contribution in [2.24, 2.45) is 5.92 Å². The molecule has 0 bridgehead atoms. The van der Waals surface area contributed by atoms with Gasteiger partial charge in [-0.05, 0) is 62.4 Å². The van der Waals surface area contributed by atoms with Crippen molar-refractivity contribution in [2.75, 3.05) is 18.0 Å². The van der Waals surface area contributed by atoms with Gasteiger partial charge in [0, 0.05) is 36.0 Å². The van der Waals surface area contributed by atoms with Gasteiger partial charge in [-0.3, -0.25) is 14.9 Å². The number of nitrogens with one attached hydrogen (secondary N) is 1. The Hall–Kier alpha value is -2.89. The van der Waals surface area contributed by atoms with Crippen molar-refractivity contribution in [2.45, 2.75) is 39.7 Å². The van der Waals surface area contributed by atoms with Gasteiger partial charge in [-0.1, -0.05) is 19.1 Å². The minimum Gasteiger partial charge on any atom is -0.371 e. The summed E-state index contributed by atoms with van der Waals surface area (Å²) in [5, 5.41) is 13.9. The van der Waals surface area contributed by atoms with Crippen LogP contribution in [0.4, 0.5) is 11.4 Å². The standard InChI is InChI=1S/C22H27N3O3/c1-15-5-4-12-24(14-15)20-9-6-18(7-10-20)17(3)23-22(26)19-8-11-21(25(27)28)16(2)13-19/h6-11,13,15,17H,4-5,12,14H2,1-3H3,(H,23,26)/t15-,17+/m0/s1. The maximum atomic E-state index is 12.5. The van der Waals surface area contributed by atoms with Gasteiger partial charge in [-0.15, -0.1) is 0 Å². The highest BCUT2D eigenvalue weighted by Crippen LogP contribution is 2.25. The van der Waals surface area contributed by atoms with Crippen LogP contribution in [0, 0.1) is 23.0 Å². The van der Waals surface area contributed by atoms with Gasteiger partial charge >= 0.3 is 0 Å². The van der Waals surface area contributed by atoms with E-state index in [-0.39, 0.29) is 17.6 Å². The van der Waals surface area contributed by atoms with Crippen LogP contribution in [0.15, 0.2) is 42.5 Å². The van der Waals surface area contributed by atoms with Crippen LogP contribution in [0.25, 0.3) is 0 Å². The number of rotatable bonds is 5. The molecule has 0 aromatic heterocycles. The van der Waals surface area contributed by atoms with E-state index in [1.54, 1.807) is 13.0 Å². The number of piperidine rings is 1. The van der Waals surface area contributed by atoms with Crippen molar-refractivity contribution in [3.05, 3.63) is 69.3 Å². The average molecular weight is 381 g/mol. The highest BCUT2D eigenvalue weighted by Gasteiger charge is 2.18. The molecule has 148 valence electrons. The fourth-order valence-electron chi connectivity index (χ4n) is 3.76. The lowest BCUT2D eigenvalue weighted by molar-refractivity contribution is -0.385. The van der Waals surface area contributed by atoms with E-state index in [4.69, 9.17) is 0 Å². The second-order valence-corrected chi connectivity index (χ2v) is 7.74. The fraction of sp³-hybridized carbons (Fsp3) is 0.409. The fourth-order valence-corrected chi connectivity index (χ4v) is 3.76. The third-order valence-electron chi connectivity index (χ3n) is 5.42. The lowest BCUT2D eigenvalue weighted by Crippen LogP contribution is -2.34. The van der Waals surface area contributed by atoms with E-state index in [0.29, 0.717) is 11.1 Å². The smallest absolute Gasteiger partial charge is 0.272 e. The van der Waals surface area contributed by atoms with Crippen LogP contribution in [0.2, 0.25) is 0 Å². The van der Waals surface area contributed by atoms with Crippen LogP contribution >= 0.6 is 0 Å². The summed E-state index contributed by atoms with van der Waals surface area (Å²) in [6.07, 6.45) is 2.52. The topological polar surface area (TPSA) is 75.5 Å². The quantitative estimate of drug-likeness (QED) is 0.605. The average Bonchev–Trinajstić information content (AvgIpc) is 2.67. The van der Waals surface area contributed by atoms with Crippen LogP contribution in [-0.2, 0) is 0 Å². The molecule has 28 heavy (non-hydrogen) atoms. The van der Waals surface area contributed by atoms with Gasteiger partial charge < -0.3 is 10.2 Å². The van der Waals surface area contributed by atoms with Crippen molar-refractivity contribution < 1.29 is 9.72 Å². The van der Waals surface area contributed by atoms with Crippen LogP contribution < -0.4 is 10.2 Å². The molecule has 1 aliphatic rings. The molecule has 2 aromatic carbocycles. The van der Waals surface area contributed by atoms with Gasteiger partial charge in [-0.25, -0.2) is 0 Å². The maximum absolute atomic E-state index is 12.5. The van der Waals surface area contributed by atoms with Gasteiger partial charge in [0.2, 0.25) is 0 Å². The summed E-state index contributed by atoms with van der Waals surface area (Å²) in [7, 11) is 0. The normalized spacial score (nSPS) is 17.8. The summed E-state index contributed by atoms with van der Waals surface area (Å²) in [5.74, 6) is 0.483. The van der Waals surface area contributed by atoms with E-state index >= 15 is 0 Å². The molecule has 0 unspecified atom stereocenters. The largest absolute Gasteiger partial charge is 0.371 e. The number of benzene rings is 2. The molecule has 1 aliphatic heterocycles. The molecule has 1 saturated heterocycles. The molecule has 6 heteroatoms. The van der Waals surface area contributed by atoms with E-state index in [2.05, 4.69) is 41.4 Å². The second kappa shape index (κ2) is 8.42. The molecule has 1 amide bonds. The Morgan fingerprint density at radius 1 is 1.25 bits per heavy atom. The minimum absolute atomic E-state index is 0.0206. The molecular formula is C22H27N3O3. The number of aryl methyl sites for hydroxylation is 1. The van der Waals surface area contributed by atoms with E-state index in [0.717, 1.165) is 24.6 Å². The van der Waals surface area contributed by atoms with Crippen LogP contribution in [0.5, 0.6) is 0 Å². The number of nitro groups is 1. The van der Waals surface area contributed by atoms with E-state index in [1.165, 1.54) is 30.7 Å². The SMILES string of the molecule is Cc1cc(C(=O)N[C@H](C)c2ccc(N3CCC[C@H](C)C3)cc2)ccc1[N+](=O)[O-]. The number of carbonyl (C=O) groups is 1. The van der Waals surface area contributed by atoms with Gasteiger partial charge in [0.25, 0.3) is 11.6 Å². The molecule has 0 spiro atoms. The molecule has 0 radical (unpaired) electrons. The Bertz CT molecular complexity index is 864. The summed E-state index contributed by atoms with van der Waals surface area (Å²) in [6.45, 7) is 8.05. The Morgan fingerprint density at radius 3 is 2.57 bits per heavy atom. The van der Waals surface area contributed by atoms with Crippen molar-refractivity contribution in [1.82, 2.24) is 5.32 Å². The van der Waals surface area contributed by atoms with Crippen molar-refractivity contribution in [3.63, 3.8) is 0 Å². The molecule has 2 atom stereocenters. The van der Waals surface area contributed by atoms with E-state index < -0.39 is 4.92 Å². The number of nitro benzene ring substituents is 1. The van der Waals surface area contributed by atoms with Crippen molar-refractivity contribution in [3.8, 4) is 0 Å². The molecule has 0 aliphatic carbocycles. The van der Waals surface area contributed by atoms with Gasteiger partial charge in [0.1, 0.15) is 0 Å². The van der Waals surface area contributed by atoms with Crippen LogP contribution in [-0.4, -0.2) is 23.9 Å². The van der Waals surface area contributed by atoms with Crippen molar-refractivity contribution >= 4 is 17.3 Å². The lowest BCUT2D eigenvalue weighted by Gasteiger charge is -2.33. The summed E-state index contributed by atoms with van der Waals surface area (Å²) in [6, 6.07) is 12.6. The summed E-state index contributed by atoms with van der Waals surface area (Å²) in [4.78, 5) is 25.4. The van der Waals surface area contributed by atoms with Crippen LogP contribution in [0.1, 0.15) is 54.2 Å². The maximum Gasteiger partial charge on any atom is 0.272 e. The predicted octanol–water partition coefficient (Wildman–Crippen LogP) is 4.63. The first-order chi connectivity index (χ1) is 13.3. The number of hydrogen-bond acceptors (Lipinski definition) is 4. The number of carbonyl (C=O) groups excluding carboxylic acids is 1. The summed E-state index contributed by atoms with van der Waals surface area (Å²) in [5.41, 5.74) is 3.17. The molecule has 6 nitrogen and oxygen atoms in total. The van der Waals surface area contributed by atoms with Gasteiger partial charge in [-0.2, -0.15) is 0 Å². The summed E-state index contributed by atoms with van der Waals surface area (Å²) >= 11 is 0. The first-order valence-corrected chi connectivity index (χ1v) is 9.76. The van der Waals surface area contributed by atoms with Gasteiger partial charge in [0.05, 0.1) is 11.0 Å². The number of nitrogens with zero attached hydrogens (tertiary/aromatic N) is 2. The van der Waals surface area contributed by atoms with Gasteiger partial charge in [0.15, 0.2) is 0 Å². The van der Waals surface area contributed by atoms with Crippen molar-refractivity contribution in [1.29, 1.82) is 0 Å². The molecule has 1 heterocycles. The molecule has 2 aromatic rings. The monoisotopic (exact) mass is 381 g/mol. The Kier molecular flexibility index (Phi) is 5.97. The first kappa shape index (κ1) is 19.9. The van der Waals surface area contributed by atoms with Crippen LogP contribution in [0.3, 0.4) is 0 Å². The van der Waals surface area contributed by atoms with E-state index in [1.807, 2.05) is 6.92 Å². The molecule has 3 rings (SSSR count). The number of amides is 1. The Morgan fingerprint density at radius 2 is 1.96 bits per heavy atom. The first-order valence-electron chi connectivity index (χ1n) is 9.76. The molecular weight excluding hydrogens is 354 g/mol. The molecule has 1 N–H and O–H groups in total. The lowest BCUT2D eigenvalue weighted by atomic mass is 9.99. The highest BCUT2D eigenvalue weighted by atomic mass is 16.6. The predicted molar refractivity (Wildman–Crippen MR) is 111 cm³/mol. The third-order valence-corrected chi connectivity index (χ3v) is 5.42. The number of anilines is 1. The van der Waals surface area contributed by atoms with E-state index in [9.17, 15) is 14.9 Å². The Labute approximate surface area is 165 Å². The highest BCUT2D eigenvalue weighted by molar-refractivity contribution is 5.95. The zero-order valence-corrected chi connectivity index (χ0v) is 16.6.